The molecule has 2 N–H and O–H groups in total. The van der Waals surface area contributed by atoms with Crippen LogP contribution in [-0.2, 0) is 6.61 Å². The van der Waals surface area contributed by atoms with E-state index in [1.807, 2.05) is 32.0 Å². The number of hydrogen-bond donors (Lipinski definition) is 2. The molecule has 2 rings (SSSR count). The number of ether oxygens (including phenoxy) is 1. The number of amides is 1. The zero-order valence-electron chi connectivity index (χ0n) is 14.1. The highest BCUT2D eigenvalue weighted by Crippen LogP contribution is 2.14. The van der Waals surface area contributed by atoms with Crippen molar-refractivity contribution in [3.63, 3.8) is 0 Å². The summed E-state index contributed by atoms with van der Waals surface area (Å²) in [4.78, 5) is 16.2. The quantitative estimate of drug-likeness (QED) is 0.782. The summed E-state index contributed by atoms with van der Waals surface area (Å²) in [6, 6.07) is 12.6. The van der Waals surface area contributed by atoms with E-state index < -0.39 is 6.10 Å². The van der Waals surface area contributed by atoms with Gasteiger partial charge in [-0.3, -0.25) is 9.78 Å². The Morgan fingerprint density at radius 2 is 1.96 bits per heavy atom. The Morgan fingerprint density at radius 1 is 1.21 bits per heavy atom. The molecule has 1 aromatic carbocycles. The van der Waals surface area contributed by atoms with Crippen LogP contribution in [0.25, 0.3) is 0 Å². The first-order valence-corrected chi connectivity index (χ1v) is 8.13. The summed E-state index contributed by atoms with van der Waals surface area (Å²) < 4.78 is 5.63. The highest BCUT2D eigenvalue weighted by atomic mass is 16.5. The van der Waals surface area contributed by atoms with Crippen molar-refractivity contribution < 1.29 is 14.6 Å². The van der Waals surface area contributed by atoms with Crippen molar-refractivity contribution in [3.8, 4) is 5.75 Å². The van der Waals surface area contributed by atoms with Crippen molar-refractivity contribution in [2.75, 3.05) is 6.54 Å². The molecule has 1 atom stereocenters. The number of pyridine rings is 1. The second kappa shape index (κ2) is 9.03. The molecule has 0 spiro atoms. The summed E-state index contributed by atoms with van der Waals surface area (Å²) in [7, 11) is 0. The topological polar surface area (TPSA) is 71.5 Å². The molecule has 128 valence electrons. The molecule has 1 aromatic heterocycles. The van der Waals surface area contributed by atoms with Gasteiger partial charge in [0.05, 0.1) is 11.8 Å². The van der Waals surface area contributed by atoms with Crippen molar-refractivity contribution in [3.05, 3.63) is 59.9 Å². The third kappa shape index (κ3) is 6.01. The Bertz CT molecular complexity index is 627. The Hall–Kier alpha value is -2.40. The number of nitrogens with one attached hydrogen (secondary N) is 1. The van der Waals surface area contributed by atoms with Gasteiger partial charge < -0.3 is 15.2 Å². The number of carbonyl (C=O) groups excluding carboxylic acids is 1. The third-order valence-electron chi connectivity index (χ3n) is 3.47. The summed E-state index contributed by atoms with van der Waals surface area (Å²) in [5, 5.41) is 12.5. The normalized spacial score (nSPS) is 12.0. The fourth-order valence-corrected chi connectivity index (χ4v) is 2.28. The lowest BCUT2D eigenvalue weighted by molar-refractivity contribution is 0.0900. The number of hydrogen-bond acceptors (Lipinski definition) is 4. The summed E-state index contributed by atoms with van der Waals surface area (Å²) in [6.45, 7) is 4.71. The predicted molar refractivity (Wildman–Crippen MR) is 92.8 cm³/mol. The van der Waals surface area contributed by atoms with Gasteiger partial charge >= 0.3 is 0 Å². The van der Waals surface area contributed by atoms with E-state index in [2.05, 4.69) is 10.3 Å². The van der Waals surface area contributed by atoms with Gasteiger partial charge in [0.15, 0.2) is 0 Å². The molecule has 0 saturated heterocycles. The Balaban J connectivity index is 1.81. The number of aliphatic hydroxyl groups is 1. The smallest absolute Gasteiger partial charge is 0.251 e. The van der Waals surface area contributed by atoms with Crippen molar-refractivity contribution in [1.29, 1.82) is 0 Å². The van der Waals surface area contributed by atoms with Crippen molar-refractivity contribution in [2.24, 2.45) is 5.92 Å². The molecule has 0 aliphatic rings. The summed E-state index contributed by atoms with van der Waals surface area (Å²) >= 11 is 0. The van der Waals surface area contributed by atoms with Gasteiger partial charge in [0.2, 0.25) is 0 Å². The maximum Gasteiger partial charge on any atom is 0.251 e. The Morgan fingerprint density at radius 3 is 2.58 bits per heavy atom. The Kier molecular flexibility index (Phi) is 6.75. The molecule has 0 radical (unpaired) electrons. The van der Waals surface area contributed by atoms with Crippen LogP contribution in [0.4, 0.5) is 0 Å². The molecule has 5 nitrogen and oxygen atoms in total. The van der Waals surface area contributed by atoms with Crippen molar-refractivity contribution in [2.45, 2.75) is 33.0 Å². The minimum absolute atomic E-state index is 0.200. The summed E-state index contributed by atoms with van der Waals surface area (Å²) in [5.74, 6) is 0.874. The van der Waals surface area contributed by atoms with Gasteiger partial charge in [0.1, 0.15) is 12.4 Å². The lowest BCUT2D eigenvalue weighted by atomic mass is 10.1. The van der Waals surface area contributed by atoms with Crippen LogP contribution in [0.5, 0.6) is 5.75 Å². The lowest BCUT2D eigenvalue weighted by Crippen LogP contribution is -2.32. The molecule has 0 aliphatic heterocycles. The predicted octanol–water partition coefficient (Wildman–Crippen LogP) is 2.80. The standard InChI is InChI=1S/C19H24N2O3/c1-14(2)11-17(22)12-21-19(23)15-6-8-18(9-7-15)24-13-16-5-3-4-10-20-16/h3-10,14,17,22H,11-13H2,1-2H3,(H,21,23). The minimum atomic E-state index is -0.519. The largest absolute Gasteiger partial charge is 0.487 e. The zero-order chi connectivity index (χ0) is 17.4. The second-order valence-corrected chi connectivity index (χ2v) is 6.13. The van der Waals surface area contributed by atoms with Crippen LogP contribution in [0, 0.1) is 5.92 Å². The van der Waals surface area contributed by atoms with Gasteiger partial charge in [-0.25, -0.2) is 0 Å². The highest BCUT2D eigenvalue weighted by molar-refractivity contribution is 5.94. The molecule has 0 aliphatic carbocycles. The van der Waals surface area contributed by atoms with E-state index in [1.54, 1.807) is 30.5 Å². The first kappa shape index (κ1) is 17.9. The first-order valence-electron chi connectivity index (χ1n) is 8.13. The molecule has 5 heteroatoms. The maximum atomic E-state index is 12.1. The van der Waals surface area contributed by atoms with Crippen LogP contribution in [-0.4, -0.2) is 28.6 Å². The summed E-state index contributed by atoms with van der Waals surface area (Å²) in [6.07, 6.45) is 1.87. The molecular formula is C19H24N2O3. The number of aromatic nitrogens is 1. The average molecular weight is 328 g/mol. The van der Waals surface area contributed by atoms with Crippen LogP contribution < -0.4 is 10.1 Å². The molecule has 1 unspecified atom stereocenters. The molecule has 0 saturated carbocycles. The van der Waals surface area contributed by atoms with Crippen LogP contribution in [0.15, 0.2) is 48.7 Å². The van der Waals surface area contributed by atoms with Crippen LogP contribution in [0.3, 0.4) is 0 Å². The first-order chi connectivity index (χ1) is 11.5. The van der Waals surface area contributed by atoms with Gasteiger partial charge in [-0.2, -0.15) is 0 Å². The number of nitrogens with zero attached hydrogens (tertiary/aromatic N) is 1. The number of benzene rings is 1. The van der Waals surface area contributed by atoms with E-state index in [0.29, 0.717) is 30.3 Å². The maximum absolute atomic E-state index is 12.1. The van der Waals surface area contributed by atoms with E-state index in [0.717, 1.165) is 5.69 Å². The molecule has 0 fully saturated rings. The van der Waals surface area contributed by atoms with Crippen LogP contribution >= 0.6 is 0 Å². The van der Waals surface area contributed by atoms with Crippen LogP contribution in [0.2, 0.25) is 0 Å². The lowest BCUT2D eigenvalue weighted by Gasteiger charge is -2.14. The van der Waals surface area contributed by atoms with Gasteiger partial charge in [0.25, 0.3) is 5.91 Å². The fourth-order valence-electron chi connectivity index (χ4n) is 2.28. The Labute approximate surface area is 142 Å². The monoisotopic (exact) mass is 328 g/mol. The van der Waals surface area contributed by atoms with E-state index in [1.165, 1.54) is 0 Å². The van der Waals surface area contributed by atoms with Crippen molar-refractivity contribution >= 4 is 5.91 Å². The van der Waals surface area contributed by atoms with E-state index in [9.17, 15) is 9.90 Å². The van der Waals surface area contributed by atoms with Crippen LogP contribution in [0.1, 0.15) is 36.3 Å². The molecule has 1 heterocycles. The van der Waals surface area contributed by atoms with Crippen molar-refractivity contribution in [1.82, 2.24) is 10.3 Å². The number of rotatable bonds is 8. The second-order valence-electron chi connectivity index (χ2n) is 6.13. The van der Waals surface area contributed by atoms with Gasteiger partial charge in [-0.15, -0.1) is 0 Å². The fraction of sp³-hybridized carbons (Fsp3) is 0.368. The molecular weight excluding hydrogens is 304 g/mol. The van der Waals surface area contributed by atoms with E-state index >= 15 is 0 Å². The SMILES string of the molecule is CC(C)CC(O)CNC(=O)c1ccc(OCc2ccccn2)cc1. The molecule has 24 heavy (non-hydrogen) atoms. The number of carbonyl (C=O) groups is 1. The van der Waals surface area contributed by atoms with Gasteiger partial charge in [-0.1, -0.05) is 19.9 Å². The molecule has 0 bridgehead atoms. The minimum Gasteiger partial charge on any atom is -0.487 e. The third-order valence-corrected chi connectivity index (χ3v) is 3.47. The van der Waals surface area contributed by atoms with Gasteiger partial charge in [0, 0.05) is 18.3 Å². The number of aliphatic hydroxyl groups excluding tert-OH is 1. The van der Waals surface area contributed by atoms with E-state index in [-0.39, 0.29) is 12.5 Å². The molecule has 2 aromatic rings. The van der Waals surface area contributed by atoms with E-state index in [4.69, 9.17) is 4.74 Å². The molecule has 1 amide bonds. The zero-order valence-corrected chi connectivity index (χ0v) is 14.1. The average Bonchev–Trinajstić information content (AvgIpc) is 2.58. The highest BCUT2D eigenvalue weighted by Gasteiger charge is 2.10. The van der Waals surface area contributed by atoms with Gasteiger partial charge in [-0.05, 0) is 48.7 Å². The summed E-state index contributed by atoms with van der Waals surface area (Å²) in [5.41, 5.74) is 1.38.